The van der Waals surface area contributed by atoms with E-state index in [1.54, 1.807) is 18.4 Å². The van der Waals surface area contributed by atoms with Gasteiger partial charge in [-0.3, -0.25) is 5.32 Å². The Bertz CT molecular complexity index is 600. The minimum absolute atomic E-state index is 0.00139. The summed E-state index contributed by atoms with van der Waals surface area (Å²) in [6.07, 6.45) is 3.58. The van der Waals surface area contributed by atoms with E-state index in [1.165, 1.54) is 17.7 Å². The molecule has 22 heavy (non-hydrogen) atoms. The molecule has 0 spiro atoms. The zero-order chi connectivity index (χ0) is 15.4. The molecule has 0 radical (unpaired) electrons. The predicted octanol–water partition coefficient (Wildman–Crippen LogP) is 2.90. The maximum absolute atomic E-state index is 12.7. The second-order valence-corrected chi connectivity index (χ2v) is 8.01. The van der Waals surface area contributed by atoms with Gasteiger partial charge in [-0.1, -0.05) is 6.92 Å². The zero-order valence-corrected chi connectivity index (χ0v) is 14.2. The number of aryl methyl sites for hydroxylation is 2. The zero-order valence-electron chi connectivity index (χ0n) is 13.3. The summed E-state index contributed by atoms with van der Waals surface area (Å²) in [7, 11) is 1.78. The molecule has 2 heterocycles. The molecule has 6 heteroatoms. The van der Waals surface area contributed by atoms with E-state index in [2.05, 4.69) is 24.1 Å². The molecule has 0 unspecified atom stereocenters. The smallest absolute Gasteiger partial charge is 0.324 e. The lowest BCUT2D eigenvalue weighted by atomic mass is 9.88. The second-order valence-electron chi connectivity index (χ2n) is 6.80. The molecule has 2 bridgehead atoms. The molecule has 5 atom stereocenters. The number of rotatable bonds is 3. The Labute approximate surface area is 135 Å². The second kappa shape index (κ2) is 5.20. The number of hydrogen-bond acceptors (Lipinski definition) is 4. The van der Waals surface area contributed by atoms with Gasteiger partial charge in [-0.2, -0.15) is 0 Å². The molecular weight excluding hydrogens is 298 g/mol. The Morgan fingerprint density at radius 2 is 2.27 bits per heavy atom. The molecule has 2 aliphatic carbocycles. The fourth-order valence-corrected chi connectivity index (χ4v) is 5.82. The van der Waals surface area contributed by atoms with Crippen LogP contribution in [0.1, 0.15) is 30.3 Å². The number of methoxy groups -OCH3 is 1. The van der Waals surface area contributed by atoms with Crippen molar-refractivity contribution in [2.75, 3.05) is 19.0 Å². The van der Waals surface area contributed by atoms with Crippen LogP contribution in [-0.4, -0.2) is 41.7 Å². The molecule has 4 rings (SSSR count). The number of amides is 2. The van der Waals surface area contributed by atoms with Crippen LogP contribution in [0.2, 0.25) is 0 Å². The molecule has 0 aromatic carbocycles. The lowest BCUT2D eigenvalue weighted by Crippen LogP contribution is -2.46. The van der Waals surface area contributed by atoms with Gasteiger partial charge in [0.1, 0.15) is 0 Å². The highest BCUT2D eigenvalue weighted by molar-refractivity contribution is 7.15. The third-order valence-electron chi connectivity index (χ3n) is 5.79. The topological polar surface area (TPSA) is 54.5 Å². The average Bonchev–Trinajstić information content (AvgIpc) is 3.18. The lowest BCUT2D eigenvalue weighted by Gasteiger charge is -2.31. The molecule has 3 fully saturated rings. The summed E-state index contributed by atoms with van der Waals surface area (Å²) in [5.74, 6) is 1.97. The molecule has 3 aliphatic rings. The van der Waals surface area contributed by atoms with Crippen molar-refractivity contribution in [2.24, 2.45) is 17.8 Å². The number of nitrogens with zero attached hydrogens (tertiary/aromatic N) is 2. The fraction of sp³-hybridized carbons (Fsp3) is 0.750. The number of anilines is 1. The Morgan fingerprint density at radius 1 is 1.45 bits per heavy atom. The van der Waals surface area contributed by atoms with Gasteiger partial charge >= 0.3 is 6.03 Å². The van der Waals surface area contributed by atoms with Crippen LogP contribution in [0.5, 0.6) is 0 Å². The van der Waals surface area contributed by atoms with E-state index >= 15 is 0 Å². The van der Waals surface area contributed by atoms with Crippen LogP contribution in [0.4, 0.5) is 9.93 Å². The standard InChI is InChI=1S/C16H23N3O2S/c1-4-12-8(2)22-15(17-12)18-16(20)19-7-10-5-9-6-11(10)13(19)14(9)21-3/h9-11,13-14H,4-7H2,1-3H3,(H,17,18,20)/t9-,10-,11+,13-,14-/m0/s1. The van der Waals surface area contributed by atoms with E-state index in [4.69, 9.17) is 4.74 Å². The number of hydrogen-bond donors (Lipinski definition) is 1. The highest BCUT2D eigenvalue weighted by Crippen LogP contribution is 2.55. The number of aromatic nitrogens is 1. The monoisotopic (exact) mass is 321 g/mol. The summed E-state index contributed by atoms with van der Waals surface area (Å²) in [6.45, 7) is 5.03. The van der Waals surface area contributed by atoms with Crippen LogP contribution in [0.3, 0.4) is 0 Å². The van der Waals surface area contributed by atoms with Gasteiger partial charge in [-0.05, 0) is 43.9 Å². The molecule has 5 nitrogen and oxygen atoms in total. The van der Waals surface area contributed by atoms with Crippen molar-refractivity contribution in [2.45, 2.75) is 45.3 Å². The Hall–Kier alpha value is -1.14. The largest absolute Gasteiger partial charge is 0.379 e. The van der Waals surface area contributed by atoms with Crippen LogP contribution >= 0.6 is 11.3 Å². The third kappa shape index (κ3) is 2.00. The van der Waals surface area contributed by atoms with E-state index in [-0.39, 0.29) is 18.2 Å². The summed E-state index contributed by atoms with van der Waals surface area (Å²) in [6, 6.07) is 0.263. The van der Waals surface area contributed by atoms with Gasteiger partial charge in [0.2, 0.25) is 0 Å². The minimum Gasteiger partial charge on any atom is -0.379 e. The van der Waals surface area contributed by atoms with Gasteiger partial charge in [0.25, 0.3) is 0 Å². The normalized spacial score (nSPS) is 35.4. The summed E-state index contributed by atoms with van der Waals surface area (Å²) in [4.78, 5) is 20.4. The summed E-state index contributed by atoms with van der Waals surface area (Å²) >= 11 is 1.57. The van der Waals surface area contributed by atoms with Crippen LogP contribution < -0.4 is 5.32 Å². The fourth-order valence-electron chi connectivity index (χ4n) is 4.93. The lowest BCUT2D eigenvalue weighted by molar-refractivity contribution is 0.0202. The van der Waals surface area contributed by atoms with Crippen molar-refractivity contribution in [3.63, 3.8) is 0 Å². The first-order chi connectivity index (χ1) is 10.6. The molecule has 1 aromatic rings. The maximum atomic E-state index is 12.7. The summed E-state index contributed by atoms with van der Waals surface area (Å²) in [5.41, 5.74) is 1.08. The van der Waals surface area contributed by atoms with Crippen LogP contribution in [-0.2, 0) is 11.2 Å². The van der Waals surface area contributed by atoms with E-state index < -0.39 is 0 Å². The van der Waals surface area contributed by atoms with Crippen LogP contribution in [0.15, 0.2) is 0 Å². The molecule has 2 saturated carbocycles. The van der Waals surface area contributed by atoms with Gasteiger partial charge in [-0.25, -0.2) is 9.78 Å². The minimum atomic E-state index is -0.00139. The molecule has 2 amide bonds. The first-order valence-electron chi connectivity index (χ1n) is 8.19. The van der Waals surface area contributed by atoms with Crippen molar-refractivity contribution in [1.82, 2.24) is 9.88 Å². The van der Waals surface area contributed by atoms with Gasteiger partial charge in [-0.15, -0.1) is 11.3 Å². The Morgan fingerprint density at radius 3 is 2.95 bits per heavy atom. The number of nitrogens with one attached hydrogen (secondary N) is 1. The Kier molecular flexibility index (Phi) is 3.42. The van der Waals surface area contributed by atoms with E-state index in [0.29, 0.717) is 17.8 Å². The highest BCUT2D eigenvalue weighted by Gasteiger charge is 2.60. The predicted molar refractivity (Wildman–Crippen MR) is 86.2 cm³/mol. The average molecular weight is 321 g/mol. The Balaban J connectivity index is 1.51. The van der Waals surface area contributed by atoms with Crippen molar-refractivity contribution >= 4 is 22.5 Å². The summed E-state index contributed by atoms with van der Waals surface area (Å²) in [5, 5.41) is 3.74. The first kappa shape index (κ1) is 14.5. The third-order valence-corrected chi connectivity index (χ3v) is 6.72. The quantitative estimate of drug-likeness (QED) is 0.931. The SMILES string of the molecule is CCc1nc(NC(=O)N2C[C@@H]3C[C@H]4C[C@H]3[C@H]2[C@H]4OC)sc1C. The van der Waals surface area contributed by atoms with Gasteiger partial charge < -0.3 is 9.64 Å². The van der Waals surface area contributed by atoms with Crippen molar-refractivity contribution < 1.29 is 9.53 Å². The molecule has 1 aromatic heterocycles. The van der Waals surface area contributed by atoms with Gasteiger partial charge in [0.15, 0.2) is 5.13 Å². The van der Waals surface area contributed by atoms with Gasteiger partial charge in [0.05, 0.1) is 17.8 Å². The number of thiazole rings is 1. The number of carbonyl (C=O) groups is 1. The van der Waals surface area contributed by atoms with Crippen LogP contribution in [0.25, 0.3) is 0 Å². The van der Waals surface area contributed by atoms with E-state index in [0.717, 1.165) is 23.8 Å². The number of ether oxygens (including phenoxy) is 1. The number of likely N-dealkylation sites (tertiary alicyclic amines) is 1. The van der Waals surface area contributed by atoms with E-state index in [1.807, 2.05) is 4.90 Å². The van der Waals surface area contributed by atoms with E-state index in [9.17, 15) is 4.79 Å². The van der Waals surface area contributed by atoms with Crippen LogP contribution in [0, 0.1) is 24.7 Å². The number of carbonyl (C=O) groups excluding carboxylic acids is 1. The van der Waals surface area contributed by atoms with Crippen molar-refractivity contribution in [1.29, 1.82) is 0 Å². The van der Waals surface area contributed by atoms with Gasteiger partial charge in [0, 0.05) is 18.5 Å². The number of urea groups is 1. The molecular formula is C16H23N3O2S. The summed E-state index contributed by atoms with van der Waals surface area (Å²) < 4.78 is 5.71. The molecule has 120 valence electrons. The molecule has 1 aliphatic heterocycles. The van der Waals surface area contributed by atoms with Crippen molar-refractivity contribution in [3.05, 3.63) is 10.6 Å². The van der Waals surface area contributed by atoms with Crippen molar-refractivity contribution in [3.8, 4) is 0 Å². The maximum Gasteiger partial charge on any atom is 0.324 e. The molecule has 1 saturated heterocycles. The first-order valence-corrected chi connectivity index (χ1v) is 9.00. The highest BCUT2D eigenvalue weighted by atomic mass is 32.1. The molecule has 1 N–H and O–H groups in total. The number of fused-ring (bicyclic) bond motifs is 1.